The number of hydrogen-bond donors (Lipinski definition) is 1. The maximum absolute atomic E-state index is 13.0. The third-order valence-corrected chi connectivity index (χ3v) is 4.40. The summed E-state index contributed by atoms with van der Waals surface area (Å²) in [6.45, 7) is 8.43. The molecule has 0 saturated heterocycles. The Labute approximate surface area is 155 Å². The molecule has 2 rings (SSSR count). The van der Waals surface area contributed by atoms with Crippen LogP contribution < -0.4 is 5.32 Å². The first-order chi connectivity index (χ1) is 12.4. The van der Waals surface area contributed by atoms with Crippen LogP contribution in [0.1, 0.15) is 54.1 Å². The van der Waals surface area contributed by atoms with Crippen LogP contribution in [0.5, 0.6) is 0 Å². The summed E-state index contributed by atoms with van der Waals surface area (Å²) >= 11 is 0. The Kier molecular flexibility index (Phi) is 7.01. The minimum absolute atomic E-state index is 0.0368. The first kappa shape index (κ1) is 19.8. The standard InChI is InChI=1S/C21H28N2O3/c1-5-15(2)22-20(24)11-12-23(14-18-9-7-6-8-10-18)21(25)19-13-16(3)26-17(19)4/h6-10,13,15H,5,11-12,14H2,1-4H3,(H,22,24). The summed E-state index contributed by atoms with van der Waals surface area (Å²) < 4.78 is 5.50. The lowest BCUT2D eigenvalue weighted by Gasteiger charge is -2.23. The van der Waals surface area contributed by atoms with Crippen LogP contribution in [0.25, 0.3) is 0 Å². The maximum Gasteiger partial charge on any atom is 0.257 e. The number of carbonyl (C=O) groups excluding carboxylic acids is 2. The van der Waals surface area contributed by atoms with Crippen molar-refractivity contribution in [1.29, 1.82) is 0 Å². The number of nitrogens with one attached hydrogen (secondary N) is 1. The molecule has 1 aromatic heterocycles. The number of aryl methyl sites for hydroxylation is 2. The molecule has 2 amide bonds. The van der Waals surface area contributed by atoms with Crippen molar-refractivity contribution in [2.75, 3.05) is 6.54 Å². The Hall–Kier alpha value is -2.56. The van der Waals surface area contributed by atoms with Gasteiger partial charge in [0.25, 0.3) is 5.91 Å². The van der Waals surface area contributed by atoms with E-state index in [9.17, 15) is 9.59 Å². The fourth-order valence-corrected chi connectivity index (χ4v) is 2.76. The maximum atomic E-state index is 13.0. The minimum Gasteiger partial charge on any atom is -0.466 e. The SMILES string of the molecule is CCC(C)NC(=O)CCN(Cc1ccccc1)C(=O)c1cc(C)oc1C. The lowest BCUT2D eigenvalue weighted by atomic mass is 10.1. The van der Waals surface area contributed by atoms with Crippen LogP contribution >= 0.6 is 0 Å². The number of carbonyl (C=O) groups is 2. The highest BCUT2D eigenvalue weighted by atomic mass is 16.3. The molecule has 0 bridgehead atoms. The first-order valence-corrected chi connectivity index (χ1v) is 9.10. The molecular formula is C21H28N2O3. The van der Waals surface area contributed by atoms with E-state index in [1.807, 2.05) is 51.1 Å². The predicted octanol–water partition coefficient (Wildman–Crippen LogP) is 3.84. The van der Waals surface area contributed by atoms with Crippen LogP contribution in [-0.4, -0.2) is 29.3 Å². The predicted molar refractivity (Wildman–Crippen MR) is 102 cm³/mol. The molecule has 0 aliphatic carbocycles. The summed E-state index contributed by atoms with van der Waals surface area (Å²) in [6, 6.07) is 11.7. The minimum atomic E-state index is -0.112. The summed E-state index contributed by atoms with van der Waals surface area (Å²) in [6.07, 6.45) is 1.16. The van der Waals surface area contributed by atoms with Crippen LogP contribution in [0, 0.1) is 13.8 Å². The molecule has 140 valence electrons. The number of rotatable bonds is 8. The van der Waals surface area contributed by atoms with Gasteiger partial charge < -0.3 is 14.6 Å². The molecule has 26 heavy (non-hydrogen) atoms. The number of benzene rings is 1. The molecule has 0 saturated carbocycles. The van der Waals surface area contributed by atoms with Crippen LogP contribution in [0.4, 0.5) is 0 Å². The number of hydrogen-bond acceptors (Lipinski definition) is 3. The van der Waals surface area contributed by atoms with E-state index in [1.54, 1.807) is 17.9 Å². The molecule has 0 aliphatic rings. The second kappa shape index (κ2) is 9.22. The van der Waals surface area contributed by atoms with Crippen molar-refractivity contribution in [3.05, 3.63) is 59.0 Å². The van der Waals surface area contributed by atoms with Crippen molar-refractivity contribution in [2.45, 2.75) is 53.1 Å². The second-order valence-corrected chi connectivity index (χ2v) is 6.67. The van der Waals surface area contributed by atoms with Gasteiger partial charge in [0.15, 0.2) is 0 Å². The van der Waals surface area contributed by atoms with Crippen LogP contribution in [0.2, 0.25) is 0 Å². The van der Waals surface area contributed by atoms with Gasteiger partial charge >= 0.3 is 0 Å². The van der Waals surface area contributed by atoms with Gasteiger partial charge in [-0.1, -0.05) is 37.3 Å². The third kappa shape index (κ3) is 5.48. The third-order valence-electron chi connectivity index (χ3n) is 4.40. The molecule has 5 nitrogen and oxygen atoms in total. The highest BCUT2D eigenvalue weighted by molar-refractivity contribution is 5.95. The van der Waals surface area contributed by atoms with E-state index in [4.69, 9.17) is 4.42 Å². The van der Waals surface area contributed by atoms with E-state index in [0.717, 1.165) is 12.0 Å². The zero-order chi connectivity index (χ0) is 19.1. The van der Waals surface area contributed by atoms with Gasteiger partial charge in [0.2, 0.25) is 5.91 Å². The van der Waals surface area contributed by atoms with Crippen LogP contribution in [0.15, 0.2) is 40.8 Å². The molecule has 1 N–H and O–H groups in total. The molecule has 0 fully saturated rings. The fraction of sp³-hybridized carbons (Fsp3) is 0.429. The number of furan rings is 1. The van der Waals surface area contributed by atoms with Gasteiger partial charge in [0.05, 0.1) is 5.56 Å². The van der Waals surface area contributed by atoms with Crippen LogP contribution in [0.3, 0.4) is 0 Å². The van der Waals surface area contributed by atoms with Gasteiger partial charge in [-0.05, 0) is 38.8 Å². The normalized spacial score (nSPS) is 11.8. The first-order valence-electron chi connectivity index (χ1n) is 9.10. The van der Waals surface area contributed by atoms with Gasteiger partial charge in [-0.2, -0.15) is 0 Å². The zero-order valence-corrected chi connectivity index (χ0v) is 16.0. The Bertz CT molecular complexity index is 737. The van der Waals surface area contributed by atoms with E-state index in [0.29, 0.717) is 30.2 Å². The van der Waals surface area contributed by atoms with E-state index >= 15 is 0 Å². The largest absolute Gasteiger partial charge is 0.466 e. The molecule has 0 spiro atoms. The molecule has 1 heterocycles. The zero-order valence-electron chi connectivity index (χ0n) is 16.0. The summed E-state index contributed by atoms with van der Waals surface area (Å²) in [7, 11) is 0. The second-order valence-electron chi connectivity index (χ2n) is 6.67. The van der Waals surface area contributed by atoms with Crippen molar-refractivity contribution in [1.82, 2.24) is 10.2 Å². The summed E-state index contributed by atoms with van der Waals surface area (Å²) in [5.74, 6) is 1.17. The molecule has 1 atom stereocenters. The van der Waals surface area contributed by atoms with Crippen molar-refractivity contribution in [3.8, 4) is 0 Å². The summed E-state index contributed by atoms with van der Waals surface area (Å²) in [5, 5.41) is 2.95. The average molecular weight is 356 g/mol. The van der Waals surface area contributed by atoms with Crippen molar-refractivity contribution in [2.24, 2.45) is 0 Å². The fourth-order valence-electron chi connectivity index (χ4n) is 2.76. The van der Waals surface area contributed by atoms with Gasteiger partial charge in [-0.15, -0.1) is 0 Å². The van der Waals surface area contributed by atoms with Gasteiger partial charge in [-0.25, -0.2) is 0 Å². The highest BCUT2D eigenvalue weighted by Gasteiger charge is 2.21. The lowest BCUT2D eigenvalue weighted by Crippen LogP contribution is -2.37. The van der Waals surface area contributed by atoms with E-state index in [-0.39, 0.29) is 24.3 Å². The van der Waals surface area contributed by atoms with Crippen molar-refractivity contribution in [3.63, 3.8) is 0 Å². The smallest absolute Gasteiger partial charge is 0.257 e. The van der Waals surface area contributed by atoms with Crippen LogP contribution in [-0.2, 0) is 11.3 Å². The van der Waals surface area contributed by atoms with Gasteiger partial charge in [0, 0.05) is 25.6 Å². The Balaban J connectivity index is 2.12. The molecule has 2 aromatic rings. The van der Waals surface area contributed by atoms with E-state index in [2.05, 4.69) is 5.32 Å². The molecule has 5 heteroatoms. The summed E-state index contributed by atoms with van der Waals surface area (Å²) in [4.78, 5) is 26.9. The van der Waals surface area contributed by atoms with E-state index < -0.39 is 0 Å². The van der Waals surface area contributed by atoms with Gasteiger partial charge in [0.1, 0.15) is 11.5 Å². The number of amides is 2. The van der Waals surface area contributed by atoms with Crippen molar-refractivity contribution < 1.29 is 14.0 Å². The summed E-state index contributed by atoms with van der Waals surface area (Å²) in [5.41, 5.74) is 1.59. The molecule has 1 aromatic carbocycles. The van der Waals surface area contributed by atoms with Gasteiger partial charge in [-0.3, -0.25) is 9.59 Å². The number of nitrogens with zero attached hydrogens (tertiary/aromatic N) is 1. The monoisotopic (exact) mass is 356 g/mol. The van der Waals surface area contributed by atoms with Crippen molar-refractivity contribution >= 4 is 11.8 Å². The Morgan fingerprint density at radius 3 is 2.46 bits per heavy atom. The Morgan fingerprint density at radius 2 is 1.88 bits per heavy atom. The molecule has 0 aliphatic heterocycles. The molecular weight excluding hydrogens is 328 g/mol. The highest BCUT2D eigenvalue weighted by Crippen LogP contribution is 2.18. The lowest BCUT2D eigenvalue weighted by molar-refractivity contribution is -0.121. The average Bonchev–Trinajstić information content (AvgIpc) is 2.96. The molecule has 0 radical (unpaired) electrons. The quantitative estimate of drug-likeness (QED) is 0.781. The molecule has 1 unspecified atom stereocenters. The van der Waals surface area contributed by atoms with E-state index in [1.165, 1.54) is 0 Å². The Morgan fingerprint density at radius 1 is 1.19 bits per heavy atom. The topological polar surface area (TPSA) is 62.6 Å².